The van der Waals surface area contributed by atoms with Gasteiger partial charge in [0.15, 0.2) is 9.84 Å². The van der Waals surface area contributed by atoms with Crippen molar-refractivity contribution in [1.29, 1.82) is 5.26 Å². The predicted molar refractivity (Wildman–Crippen MR) is 83.9 cm³/mol. The molecule has 6 heteroatoms. The van der Waals surface area contributed by atoms with Gasteiger partial charge in [-0.15, -0.1) is 0 Å². The van der Waals surface area contributed by atoms with Gasteiger partial charge in [0.1, 0.15) is 0 Å². The second-order valence-electron chi connectivity index (χ2n) is 5.45. The second kappa shape index (κ2) is 6.59. The lowest BCUT2D eigenvalue weighted by Gasteiger charge is -2.14. The molecule has 0 fully saturated rings. The van der Waals surface area contributed by atoms with Crippen LogP contribution in [0, 0.1) is 16.7 Å². The van der Waals surface area contributed by atoms with Gasteiger partial charge in [-0.3, -0.25) is 0 Å². The fourth-order valence-electron chi connectivity index (χ4n) is 1.83. The molecular formula is C14H19BrN2O2S. The molecule has 1 aromatic carbocycles. The molecule has 0 aliphatic heterocycles. The lowest BCUT2D eigenvalue weighted by Crippen LogP contribution is -2.12. The molecule has 0 aliphatic carbocycles. The highest BCUT2D eigenvalue weighted by molar-refractivity contribution is 9.10. The summed E-state index contributed by atoms with van der Waals surface area (Å²) in [4.78, 5) is 0.181. The molecule has 0 atom stereocenters. The van der Waals surface area contributed by atoms with E-state index in [0.717, 1.165) is 4.47 Å². The molecule has 0 aliphatic rings. The smallest absolute Gasteiger partial charge is 0.180 e. The fourth-order valence-corrected chi connectivity index (χ4v) is 3.70. The van der Waals surface area contributed by atoms with E-state index in [0.29, 0.717) is 19.3 Å². The first kappa shape index (κ1) is 17.0. The third-order valence-corrected chi connectivity index (χ3v) is 5.44. The zero-order chi connectivity index (χ0) is 15.4. The van der Waals surface area contributed by atoms with E-state index in [1.807, 2.05) is 13.8 Å². The number of nitrogens with zero attached hydrogens (tertiary/aromatic N) is 1. The van der Waals surface area contributed by atoms with Crippen LogP contribution in [-0.4, -0.2) is 14.2 Å². The van der Waals surface area contributed by atoms with Gasteiger partial charge in [-0.25, -0.2) is 8.42 Å². The molecular weight excluding hydrogens is 340 g/mol. The Bertz CT molecular complexity index is 619. The predicted octanol–water partition coefficient (Wildman–Crippen LogP) is 3.53. The van der Waals surface area contributed by atoms with Crippen LogP contribution in [0.5, 0.6) is 0 Å². The zero-order valence-electron chi connectivity index (χ0n) is 11.7. The molecule has 1 aromatic rings. The standard InChI is InChI=1S/C14H19BrN2O2S/c1-14(2,10-16)7-3-4-8-20(18,19)13-6-5-11(15)9-12(13)17/h5-6,9H,3-4,7-8,17H2,1-2H3. The minimum absolute atomic E-state index is 0.0559. The highest BCUT2D eigenvalue weighted by Crippen LogP contribution is 2.26. The number of unbranched alkanes of at least 4 members (excludes halogenated alkanes) is 1. The molecule has 0 amide bonds. The van der Waals surface area contributed by atoms with E-state index in [2.05, 4.69) is 22.0 Å². The van der Waals surface area contributed by atoms with Gasteiger partial charge < -0.3 is 5.73 Å². The molecule has 0 spiro atoms. The average molecular weight is 359 g/mol. The summed E-state index contributed by atoms with van der Waals surface area (Å²) in [5.41, 5.74) is 5.61. The molecule has 0 aromatic heterocycles. The van der Waals surface area contributed by atoms with E-state index >= 15 is 0 Å². The van der Waals surface area contributed by atoms with E-state index in [9.17, 15) is 8.42 Å². The van der Waals surface area contributed by atoms with Crippen molar-refractivity contribution in [3.05, 3.63) is 22.7 Å². The van der Waals surface area contributed by atoms with Crippen LogP contribution in [0.4, 0.5) is 5.69 Å². The molecule has 0 radical (unpaired) electrons. The fraction of sp³-hybridized carbons (Fsp3) is 0.500. The van der Waals surface area contributed by atoms with Gasteiger partial charge in [-0.2, -0.15) is 5.26 Å². The van der Waals surface area contributed by atoms with Crippen molar-refractivity contribution in [2.24, 2.45) is 5.41 Å². The summed E-state index contributed by atoms with van der Waals surface area (Å²) in [5.74, 6) is 0.0559. The van der Waals surface area contributed by atoms with Gasteiger partial charge >= 0.3 is 0 Å². The normalized spacial score (nSPS) is 12.1. The SMILES string of the molecule is CC(C)(C#N)CCCCS(=O)(=O)c1ccc(Br)cc1N. The molecule has 2 N–H and O–H groups in total. The number of nitriles is 1. The Morgan fingerprint density at radius 1 is 1.35 bits per heavy atom. The molecule has 0 bridgehead atoms. The summed E-state index contributed by atoms with van der Waals surface area (Å²) in [5, 5.41) is 8.90. The Morgan fingerprint density at radius 2 is 2.00 bits per heavy atom. The minimum atomic E-state index is -3.36. The number of rotatable bonds is 6. The summed E-state index contributed by atoms with van der Waals surface area (Å²) in [6, 6.07) is 6.99. The molecule has 0 unspecified atom stereocenters. The minimum Gasteiger partial charge on any atom is -0.398 e. The van der Waals surface area contributed by atoms with Crippen molar-refractivity contribution in [2.45, 2.75) is 38.0 Å². The Morgan fingerprint density at radius 3 is 2.55 bits per heavy atom. The maximum absolute atomic E-state index is 12.2. The molecule has 0 saturated carbocycles. The van der Waals surface area contributed by atoms with E-state index in [1.165, 1.54) is 6.07 Å². The Hall–Kier alpha value is -1.06. The molecule has 4 nitrogen and oxygen atoms in total. The largest absolute Gasteiger partial charge is 0.398 e. The van der Waals surface area contributed by atoms with Gasteiger partial charge in [0.2, 0.25) is 0 Å². The van der Waals surface area contributed by atoms with Crippen LogP contribution in [0.1, 0.15) is 33.1 Å². The molecule has 0 heterocycles. The van der Waals surface area contributed by atoms with Crippen LogP contribution in [0.2, 0.25) is 0 Å². The van der Waals surface area contributed by atoms with Crippen molar-refractivity contribution in [3.8, 4) is 6.07 Å². The van der Waals surface area contributed by atoms with Crippen LogP contribution in [-0.2, 0) is 9.84 Å². The summed E-state index contributed by atoms with van der Waals surface area (Å²) < 4.78 is 25.2. The lowest BCUT2D eigenvalue weighted by molar-refractivity contribution is 0.431. The summed E-state index contributed by atoms with van der Waals surface area (Å²) in [6.45, 7) is 3.71. The number of nitrogens with two attached hydrogens (primary N) is 1. The van der Waals surface area contributed by atoms with Crippen LogP contribution in [0.3, 0.4) is 0 Å². The van der Waals surface area contributed by atoms with E-state index in [4.69, 9.17) is 11.0 Å². The number of hydrogen-bond donors (Lipinski definition) is 1. The highest BCUT2D eigenvalue weighted by atomic mass is 79.9. The maximum Gasteiger partial charge on any atom is 0.180 e. The van der Waals surface area contributed by atoms with Gasteiger partial charge in [-0.1, -0.05) is 22.4 Å². The molecule has 0 saturated heterocycles. The summed E-state index contributed by atoms with van der Waals surface area (Å²) in [6.07, 6.45) is 1.92. The number of hydrogen-bond acceptors (Lipinski definition) is 4. The topological polar surface area (TPSA) is 84.0 Å². The van der Waals surface area contributed by atoms with Gasteiger partial charge in [0.25, 0.3) is 0 Å². The molecule has 110 valence electrons. The average Bonchev–Trinajstić information content (AvgIpc) is 2.34. The monoisotopic (exact) mass is 358 g/mol. The Kier molecular flexibility index (Phi) is 5.60. The number of anilines is 1. The Balaban J connectivity index is 2.65. The summed E-state index contributed by atoms with van der Waals surface area (Å²) >= 11 is 3.25. The number of halogens is 1. The molecule has 20 heavy (non-hydrogen) atoms. The Labute approximate surface area is 129 Å². The first-order chi connectivity index (χ1) is 9.18. The van der Waals surface area contributed by atoms with E-state index in [1.54, 1.807) is 12.1 Å². The quantitative estimate of drug-likeness (QED) is 0.622. The van der Waals surface area contributed by atoms with Crippen molar-refractivity contribution in [1.82, 2.24) is 0 Å². The third kappa shape index (κ3) is 4.80. The van der Waals surface area contributed by atoms with Crippen molar-refractivity contribution in [3.63, 3.8) is 0 Å². The van der Waals surface area contributed by atoms with Crippen molar-refractivity contribution >= 4 is 31.5 Å². The van der Waals surface area contributed by atoms with Crippen LogP contribution in [0.25, 0.3) is 0 Å². The van der Waals surface area contributed by atoms with Gasteiger partial charge in [-0.05, 0) is 44.9 Å². The maximum atomic E-state index is 12.2. The number of nitrogen functional groups attached to an aromatic ring is 1. The number of sulfone groups is 1. The molecule has 1 rings (SSSR count). The zero-order valence-corrected chi connectivity index (χ0v) is 14.1. The first-order valence-corrected chi connectivity index (χ1v) is 8.81. The van der Waals surface area contributed by atoms with Gasteiger partial charge in [0.05, 0.1) is 27.8 Å². The van der Waals surface area contributed by atoms with Crippen LogP contribution < -0.4 is 5.73 Å². The lowest BCUT2D eigenvalue weighted by atomic mass is 9.89. The number of benzene rings is 1. The van der Waals surface area contributed by atoms with E-state index in [-0.39, 0.29) is 16.3 Å². The van der Waals surface area contributed by atoms with Crippen molar-refractivity contribution in [2.75, 3.05) is 11.5 Å². The first-order valence-electron chi connectivity index (χ1n) is 6.37. The van der Waals surface area contributed by atoms with Gasteiger partial charge in [0, 0.05) is 4.47 Å². The van der Waals surface area contributed by atoms with Crippen LogP contribution in [0.15, 0.2) is 27.6 Å². The van der Waals surface area contributed by atoms with E-state index < -0.39 is 15.3 Å². The second-order valence-corrected chi connectivity index (χ2v) is 8.45. The summed E-state index contributed by atoms with van der Waals surface area (Å²) in [7, 11) is -3.36. The third-order valence-electron chi connectivity index (χ3n) is 3.07. The van der Waals surface area contributed by atoms with Crippen LogP contribution >= 0.6 is 15.9 Å². The van der Waals surface area contributed by atoms with Crippen molar-refractivity contribution < 1.29 is 8.42 Å². The highest BCUT2D eigenvalue weighted by Gasteiger charge is 2.19.